The standard InChI is InChI=1S/C12H7F3N2O/c13-12(14,15)10-5-4-8(9(6-10)7-16)2-1-3-11(17)18/h4-6H,3H2,(H2,17,18). The number of nitriles is 1. The van der Waals surface area contributed by atoms with E-state index in [1.807, 2.05) is 0 Å². The van der Waals surface area contributed by atoms with E-state index in [4.69, 9.17) is 11.0 Å². The van der Waals surface area contributed by atoms with Gasteiger partial charge in [0.25, 0.3) is 0 Å². The number of rotatable bonds is 1. The van der Waals surface area contributed by atoms with Crippen molar-refractivity contribution in [2.45, 2.75) is 12.6 Å². The van der Waals surface area contributed by atoms with Crippen molar-refractivity contribution in [3.63, 3.8) is 0 Å². The molecule has 1 rings (SSSR count). The summed E-state index contributed by atoms with van der Waals surface area (Å²) in [7, 11) is 0. The van der Waals surface area contributed by atoms with E-state index in [1.165, 1.54) is 0 Å². The number of nitrogens with two attached hydrogens (primary N) is 1. The largest absolute Gasteiger partial charge is 0.416 e. The Morgan fingerprint density at radius 3 is 2.50 bits per heavy atom. The first-order chi connectivity index (χ1) is 8.34. The van der Waals surface area contributed by atoms with Crippen molar-refractivity contribution in [3.05, 3.63) is 34.9 Å². The number of halogens is 3. The summed E-state index contributed by atoms with van der Waals surface area (Å²) in [5.74, 6) is 4.17. The van der Waals surface area contributed by atoms with Gasteiger partial charge in [-0.2, -0.15) is 18.4 Å². The molecule has 92 valence electrons. The Labute approximate surface area is 101 Å². The molecular formula is C12H7F3N2O. The lowest BCUT2D eigenvalue weighted by atomic mass is 10.0. The van der Waals surface area contributed by atoms with Gasteiger partial charge in [0, 0.05) is 5.56 Å². The van der Waals surface area contributed by atoms with E-state index in [2.05, 4.69) is 11.8 Å². The van der Waals surface area contributed by atoms with Gasteiger partial charge in [0.2, 0.25) is 5.91 Å². The minimum absolute atomic E-state index is 0.131. The zero-order valence-electron chi connectivity index (χ0n) is 9.01. The van der Waals surface area contributed by atoms with Gasteiger partial charge in [0.05, 0.1) is 17.5 Å². The van der Waals surface area contributed by atoms with Crippen LogP contribution in [-0.2, 0) is 11.0 Å². The van der Waals surface area contributed by atoms with Gasteiger partial charge in [-0.25, -0.2) is 0 Å². The first kappa shape index (κ1) is 13.6. The third-order valence-corrected chi connectivity index (χ3v) is 1.95. The number of carbonyl (C=O) groups is 1. The number of hydrogen-bond acceptors (Lipinski definition) is 2. The second-order valence-corrected chi connectivity index (χ2v) is 3.31. The van der Waals surface area contributed by atoms with Gasteiger partial charge in [-0.15, -0.1) is 0 Å². The molecule has 0 saturated heterocycles. The van der Waals surface area contributed by atoms with E-state index >= 15 is 0 Å². The maximum Gasteiger partial charge on any atom is 0.416 e. The highest BCUT2D eigenvalue weighted by molar-refractivity contribution is 5.76. The van der Waals surface area contributed by atoms with Crippen molar-refractivity contribution < 1.29 is 18.0 Å². The van der Waals surface area contributed by atoms with Crippen LogP contribution in [0.3, 0.4) is 0 Å². The quantitative estimate of drug-likeness (QED) is 0.774. The fourth-order valence-corrected chi connectivity index (χ4v) is 1.15. The van der Waals surface area contributed by atoms with Crippen LogP contribution in [0.4, 0.5) is 13.2 Å². The van der Waals surface area contributed by atoms with Gasteiger partial charge < -0.3 is 5.73 Å². The van der Waals surface area contributed by atoms with Crippen LogP contribution in [0.15, 0.2) is 18.2 Å². The summed E-state index contributed by atoms with van der Waals surface area (Å²) in [4.78, 5) is 10.4. The van der Waals surface area contributed by atoms with Crippen molar-refractivity contribution in [2.75, 3.05) is 0 Å². The van der Waals surface area contributed by atoms with Gasteiger partial charge in [-0.05, 0) is 18.2 Å². The number of benzene rings is 1. The lowest BCUT2D eigenvalue weighted by Gasteiger charge is -2.06. The van der Waals surface area contributed by atoms with Crippen LogP contribution in [0.2, 0.25) is 0 Å². The summed E-state index contributed by atoms with van der Waals surface area (Å²) in [6.45, 7) is 0. The molecule has 18 heavy (non-hydrogen) atoms. The molecule has 1 amide bonds. The maximum atomic E-state index is 12.4. The Bertz CT molecular complexity index is 574. The lowest BCUT2D eigenvalue weighted by Crippen LogP contribution is -2.08. The van der Waals surface area contributed by atoms with Crippen LogP contribution < -0.4 is 5.73 Å². The molecule has 6 heteroatoms. The summed E-state index contributed by atoms with van der Waals surface area (Å²) in [5, 5.41) is 8.74. The highest BCUT2D eigenvalue weighted by Crippen LogP contribution is 2.30. The van der Waals surface area contributed by atoms with E-state index in [1.54, 1.807) is 6.07 Å². The number of primary amides is 1. The fourth-order valence-electron chi connectivity index (χ4n) is 1.15. The maximum absolute atomic E-state index is 12.4. The van der Waals surface area contributed by atoms with Crippen molar-refractivity contribution in [3.8, 4) is 17.9 Å². The van der Waals surface area contributed by atoms with Crippen molar-refractivity contribution in [2.24, 2.45) is 5.73 Å². The molecule has 0 unspecified atom stereocenters. The molecular weight excluding hydrogens is 245 g/mol. The lowest BCUT2D eigenvalue weighted by molar-refractivity contribution is -0.137. The van der Waals surface area contributed by atoms with Crippen LogP contribution in [0.5, 0.6) is 0 Å². The average molecular weight is 252 g/mol. The van der Waals surface area contributed by atoms with Gasteiger partial charge >= 0.3 is 6.18 Å². The van der Waals surface area contributed by atoms with E-state index < -0.39 is 17.6 Å². The van der Waals surface area contributed by atoms with Crippen LogP contribution in [0.25, 0.3) is 0 Å². The molecule has 0 atom stereocenters. The highest BCUT2D eigenvalue weighted by Gasteiger charge is 2.30. The second-order valence-electron chi connectivity index (χ2n) is 3.31. The molecule has 0 saturated carbocycles. The molecule has 0 aliphatic carbocycles. The highest BCUT2D eigenvalue weighted by atomic mass is 19.4. The summed E-state index contributed by atoms with van der Waals surface area (Å²) < 4.78 is 37.2. The molecule has 0 aromatic heterocycles. The van der Waals surface area contributed by atoms with Crippen LogP contribution >= 0.6 is 0 Å². The summed E-state index contributed by atoms with van der Waals surface area (Å²) in [6, 6.07) is 4.27. The molecule has 0 aliphatic heterocycles. The molecule has 1 aromatic carbocycles. The summed E-state index contributed by atoms with van der Waals surface area (Å²) in [6.07, 6.45) is -4.73. The van der Waals surface area contributed by atoms with E-state index in [0.29, 0.717) is 6.07 Å². The number of amides is 1. The monoisotopic (exact) mass is 252 g/mol. The minimum Gasteiger partial charge on any atom is -0.369 e. The van der Waals surface area contributed by atoms with Crippen LogP contribution in [-0.4, -0.2) is 5.91 Å². The topological polar surface area (TPSA) is 66.9 Å². The molecule has 0 heterocycles. The van der Waals surface area contributed by atoms with Crippen molar-refractivity contribution in [1.82, 2.24) is 0 Å². The molecule has 1 aromatic rings. The number of alkyl halides is 3. The van der Waals surface area contributed by atoms with Gasteiger partial charge in [0.15, 0.2) is 0 Å². The van der Waals surface area contributed by atoms with Gasteiger partial charge in [0.1, 0.15) is 6.07 Å². The average Bonchev–Trinajstić information content (AvgIpc) is 2.27. The Kier molecular flexibility index (Phi) is 3.96. The molecule has 2 N–H and O–H groups in total. The van der Waals surface area contributed by atoms with Crippen LogP contribution in [0, 0.1) is 23.2 Å². The summed E-state index contributed by atoms with van der Waals surface area (Å²) in [5.41, 5.74) is 3.87. The van der Waals surface area contributed by atoms with E-state index in [-0.39, 0.29) is 17.5 Å². The Morgan fingerprint density at radius 2 is 2.00 bits per heavy atom. The zero-order valence-corrected chi connectivity index (χ0v) is 9.01. The summed E-state index contributed by atoms with van der Waals surface area (Å²) >= 11 is 0. The SMILES string of the molecule is N#Cc1cc(C(F)(F)F)ccc1C#CCC(N)=O. The Hall–Kier alpha value is -2.47. The first-order valence-electron chi connectivity index (χ1n) is 4.73. The third-order valence-electron chi connectivity index (χ3n) is 1.95. The number of nitrogens with zero attached hydrogens (tertiary/aromatic N) is 1. The third kappa shape index (κ3) is 3.53. The van der Waals surface area contributed by atoms with E-state index in [0.717, 1.165) is 12.1 Å². The molecule has 0 bridgehead atoms. The van der Waals surface area contributed by atoms with Gasteiger partial charge in [-0.1, -0.05) is 11.8 Å². The molecule has 0 aliphatic rings. The first-order valence-corrected chi connectivity index (χ1v) is 4.73. The predicted octanol–water partition coefficient (Wildman–Crippen LogP) is 1.80. The predicted molar refractivity (Wildman–Crippen MR) is 56.8 cm³/mol. The Morgan fingerprint density at radius 1 is 1.33 bits per heavy atom. The van der Waals surface area contributed by atoms with Crippen molar-refractivity contribution >= 4 is 5.91 Å². The smallest absolute Gasteiger partial charge is 0.369 e. The zero-order chi connectivity index (χ0) is 13.8. The molecule has 0 spiro atoms. The van der Waals surface area contributed by atoms with Crippen LogP contribution in [0.1, 0.15) is 23.1 Å². The second kappa shape index (κ2) is 5.24. The van der Waals surface area contributed by atoms with E-state index in [9.17, 15) is 18.0 Å². The van der Waals surface area contributed by atoms with Crippen molar-refractivity contribution in [1.29, 1.82) is 5.26 Å². The normalized spacial score (nSPS) is 10.1. The molecule has 0 radical (unpaired) electrons. The molecule has 3 nitrogen and oxygen atoms in total. The van der Waals surface area contributed by atoms with Gasteiger partial charge in [-0.3, -0.25) is 4.79 Å². The molecule has 0 fully saturated rings. The number of carbonyl (C=O) groups excluding carboxylic acids is 1. The fraction of sp³-hybridized carbons (Fsp3) is 0.167. The minimum atomic E-state index is -4.51. The Balaban J connectivity index is 3.12. The number of hydrogen-bond donors (Lipinski definition) is 1.